The fraction of sp³-hybridized carbons (Fsp3) is 0.381. The van der Waals surface area contributed by atoms with Crippen LogP contribution in [0.25, 0.3) is 10.8 Å². The van der Waals surface area contributed by atoms with E-state index in [-0.39, 0.29) is 5.91 Å². The number of carbonyl (C=O) groups is 1. The second kappa shape index (κ2) is 9.89. The van der Waals surface area contributed by atoms with Gasteiger partial charge in [0.05, 0.1) is 0 Å². The van der Waals surface area contributed by atoms with E-state index in [1.807, 2.05) is 6.92 Å². The van der Waals surface area contributed by atoms with Crippen LogP contribution < -0.4 is 10.6 Å². The predicted molar refractivity (Wildman–Crippen MR) is 102 cm³/mol. The van der Waals surface area contributed by atoms with Crippen molar-refractivity contribution in [1.29, 1.82) is 0 Å². The highest BCUT2D eigenvalue weighted by molar-refractivity contribution is 5.86. The van der Waals surface area contributed by atoms with E-state index in [4.69, 9.17) is 0 Å². The van der Waals surface area contributed by atoms with E-state index in [1.54, 1.807) is 0 Å². The summed E-state index contributed by atoms with van der Waals surface area (Å²) in [6.07, 6.45) is 6.65. The van der Waals surface area contributed by atoms with Crippen LogP contribution in [-0.4, -0.2) is 19.0 Å². The van der Waals surface area contributed by atoms with Crippen LogP contribution >= 0.6 is 0 Å². The van der Waals surface area contributed by atoms with E-state index in [1.165, 1.54) is 16.3 Å². The number of carbonyl (C=O) groups excluding carboxylic acids is 1. The van der Waals surface area contributed by atoms with Gasteiger partial charge in [-0.1, -0.05) is 61.5 Å². The second-order valence-electron chi connectivity index (χ2n) is 6.06. The molecule has 24 heavy (non-hydrogen) atoms. The van der Waals surface area contributed by atoms with Gasteiger partial charge in [0.25, 0.3) is 0 Å². The number of hydrogen-bond acceptors (Lipinski definition) is 2. The van der Waals surface area contributed by atoms with Gasteiger partial charge in [0.15, 0.2) is 0 Å². The quantitative estimate of drug-likeness (QED) is 0.532. The van der Waals surface area contributed by atoms with E-state index in [0.29, 0.717) is 19.0 Å². The summed E-state index contributed by atoms with van der Waals surface area (Å²) in [6.45, 7) is 5.75. The van der Waals surface area contributed by atoms with E-state index >= 15 is 0 Å². The van der Waals surface area contributed by atoms with Crippen LogP contribution in [0.15, 0.2) is 54.6 Å². The lowest BCUT2D eigenvalue weighted by atomic mass is 10.00. The number of nitrogens with one attached hydrogen (secondary N) is 2. The van der Waals surface area contributed by atoms with Crippen molar-refractivity contribution in [1.82, 2.24) is 10.6 Å². The SMILES string of the molecule is CCCC(=O)NCC/C=C/CN[C@H](C)c1cccc2ccccc12. The van der Waals surface area contributed by atoms with E-state index in [0.717, 1.165) is 19.4 Å². The molecule has 0 saturated heterocycles. The van der Waals surface area contributed by atoms with Crippen molar-refractivity contribution in [3.05, 3.63) is 60.2 Å². The maximum absolute atomic E-state index is 11.3. The van der Waals surface area contributed by atoms with Crippen molar-refractivity contribution in [2.24, 2.45) is 0 Å². The molecule has 3 heteroatoms. The van der Waals surface area contributed by atoms with Crippen LogP contribution in [0.3, 0.4) is 0 Å². The minimum Gasteiger partial charge on any atom is -0.356 e. The molecule has 0 aromatic heterocycles. The highest BCUT2D eigenvalue weighted by Crippen LogP contribution is 2.23. The summed E-state index contributed by atoms with van der Waals surface area (Å²) >= 11 is 0. The van der Waals surface area contributed by atoms with Crippen molar-refractivity contribution in [2.75, 3.05) is 13.1 Å². The summed E-state index contributed by atoms with van der Waals surface area (Å²) in [6, 6.07) is 15.2. The minimum absolute atomic E-state index is 0.147. The normalized spacial score (nSPS) is 12.6. The topological polar surface area (TPSA) is 41.1 Å². The minimum atomic E-state index is 0.147. The van der Waals surface area contributed by atoms with Crippen molar-refractivity contribution < 1.29 is 4.79 Å². The molecule has 0 aliphatic rings. The molecular weight excluding hydrogens is 296 g/mol. The Morgan fingerprint density at radius 2 is 1.92 bits per heavy atom. The first-order valence-corrected chi connectivity index (χ1v) is 8.85. The summed E-state index contributed by atoms with van der Waals surface area (Å²) in [7, 11) is 0. The number of fused-ring (bicyclic) bond motifs is 1. The van der Waals surface area contributed by atoms with Gasteiger partial charge in [-0.15, -0.1) is 0 Å². The van der Waals surface area contributed by atoms with Crippen LogP contribution in [0.1, 0.15) is 44.7 Å². The van der Waals surface area contributed by atoms with Crippen LogP contribution in [0, 0.1) is 0 Å². The van der Waals surface area contributed by atoms with Crippen molar-refractivity contribution >= 4 is 16.7 Å². The molecule has 0 saturated carbocycles. The first-order valence-electron chi connectivity index (χ1n) is 8.85. The van der Waals surface area contributed by atoms with Gasteiger partial charge < -0.3 is 10.6 Å². The van der Waals surface area contributed by atoms with Crippen molar-refractivity contribution in [2.45, 2.75) is 39.2 Å². The Morgan fingerprint density at radius 3 is 2.75 bits per heavy atom. The molecule has 2 N–H and O–H groups in total. The Morgan fingerprint density at radius 1 is 1.12 bits per heavy atom. The first-order chi connectivity index (χ1) is 11.7. The third kappa shape index (κ3) is 5.50. The Balaban J connectivity index is 1.76. The predicted octanol–water partition coefficient (Wildman–Crippen LogP) is 4.35. The van der Waals surface area contributed by atoms with E-state index in [2.05, 4.69) is 72.2 Å². The van der Waals surface area contributed by atoms with Gasteiger partial charge >= 0.3 is 0 Å². The molecule has 2 aromatic rings. The molecule has 0 bridgehead atoms. The average Bonchev–Trinajstić information content (AvgIpc) is 2.60. The third-order valence-electron chi connectivity index (χ3n) is 4.11. The van der Waals surface area contributed by atoms with E-state index in [9.17, 15) is 4.79 Å². The van der Waals surface area contributed by atoms with Crippen LogP contribution in [0.2, 0.25) is 0 Å². The van der Waals surface area contributed by atoms with E-state index < -0.39 is 0 Å². The number of hydrogen-bond donors (Lipinski definition) is 2. The number of benzene rings is 2. The highest BCUT2D eigenvalue weighted by atomic mass is 16.1. The smallest absolute Gasteiger partial charge is 0.219 e. The zero-order chi connectivity index (χ0) is 17.2. The Labute approximate surface area is 145 Å². The van der Waals surface area contributed by atoms with Crippen molar-refractivity contribution in [3.8, 4) is 0 Å². The second-order valence-corrected chi connectivity index (χ2v) is 6.06. The lowest BCUT2D eigenvalue weighted by Gasteiger charge is -2.15. The monoisotopic (exact) mass is 324 g/mol. The van der Waals surface area contributed by atoms with Crippen LogP contribution in [0.5, 0.6) is 0 Å². The summed E-state index contributed by atoms with van der Waals surface area (Å²) in [4.78, 5) is 11.3. The summed E-state index contributed by atoms with van der Waals surface area (Å²) in [5.74, 6) is 0.147. The van der Waals surface area contributed by atoms with Gasteiger partial charge in [-0.05, 0) is 36.1 Å². The van der Waals surface area contributed by atoms with Gasteiger partial charge in [-0.3, -0.25) is 4.79 Å². The fourth-order valence-electron chi connectivity index (χ4n) is 2.79. The fourth-order valence-corrected chi connectivity index (χ4v) is 2.79. The van der Waals surface area contributed by atoms with Crippen LogP contribution in [0.4, 0.5) is 0 Å². The molecule has 0 spiro atoms. The average molecular weight is 324 g/mol. The lowest BCUT2D eigenvalue weighted by Crippen LogP contribution is -2.23. The van der Waals surface area contributed by atoms with Crippen molar-refractivity contribution in [3.63, 3.8) is 0 Å². The first kappa shape index (κ1) is 18.2. The molecule has 0 aliphatic carbocycles. The molecular formula is C21H28N2O. The lowest BCUT2D eigenvalue weighted by molar-refractivity contribution is -0.121. The molecule has 1 amide bonds. The molecule has 0 fully saturated rings. The molecule has 1 atom stereocenters. The third-order valence-corrected chi connectivity index (χ3v) is 4.11. The maximum atomic E-state index is 11.3. The zero-order valence-corrected chi connectivity index (χ0v) is 14.7. The molecule has 128 valence electrons. The Kier molecular flexibility index (Phi) is 7.50. The van der Waals surface area contributed by atoms with Gasteiger partial charge in [-0.25, -0.2) is 0 Å². The molecule has 0 radical (unpaired) electrons. The molecule has 3 nitrogen and oxygen atoms in total. The summed E-state index contributed by atoms with van der Waals surface area (Å²) in [5, 5.41) is 9.04. The Hall–Kier alpha value is -2.13. The standard InChI is InChI=1S/C21H28N2O/c1-3-10-21(24)23-16-8-4-7-15-22-17(2)19-14-9-12-18-11-5-6-13-20(18)19/h4-7,9,11-14,17,22H,3,8,10,15-16H2,1-2H3,(H,23,24)/b7-4+/t17-/m1/s1. The number of rotatable bonds is 9. The highest BCUT2D eigenvalue weighted by Gasteiger charge is 2.07. The summed E-state index contributed by atoms with van der Waals surface area (Å²) < 4.78 is 0. The van der Waals surface area contributed by atoms with Gasteiger partial charge in [-0.2, -0.15) is 0 Å². The maximum Gasteiger partial charge on any atom is 0.219 e. The molecule has 0 aliphatic heterocycles. The Bertz CT molecular complexity index is 673. The molecule has 0 unspecified atom stereocenters. The zero-order valence-electron chi connectivity index (χ0n) is 14.7. The van der Waals surface area contributed by atoms with Gasteiger partial charge in [0.2, 0.25) is 5.91 Å². The molecule has 2 aromatic carbocycles. The van der Waals surface area contributed by atoms with Crippen LogP contribution in [-0.2, 0) is 4.79 Å². The molecule has 2 rings (SSSR count). The van der Waals surface area contributed by atoms with Gasteiger partial charge in [0, 0.05) is 25.6 Å². The summed E-state index contributed by atoms with van der Waals surface area (Å²) in [5.41, 5.74) is 1.33. The largest absolute Gasteiger partial charge is 0.356 e. The molecule has 0 heterocycles. The number of amides is 1. The van der Waals surface area contributed by atoms with Gasteiger partial charge in [0.1, 0.15) is 0 Å².